The lowest BCUT2D eigenvalue weighted by atomic mass is 10.1. The highest BCUT2D eigenvalue weighted by atomic mass is 35.5. The van der Waals surface area contributed by atoms with E-state index in [1.165, 1.54) is 6.33 Å². The van der Waals surface area contributed by atoms with Crippen molar-refractivity contribution in [3.05, 3.63) is 70.0 Å². The first kappa shape index (κ1) is 15.5. The molecule has 0 unspecified atom stereocenters. The number of hydrogen-bond donors (Lipinski definition) is 2. The van der Waals surface area contributed by atoms with Gasteiger partial charge in [-0.05, 0) is 36.6 Å². The molecule has 7 heteroatoms. The summed E-state index contributed by atoms with van der Waals surface area (Å²) in [5, 5.41) is 5.02. The van der Waals surface area contributed by atoms with Crippen LogP contribution in [0.2, 0.25) is 5.02 Å². The second-order valence-electron chi connectivity index (χ2n) is 5.72. The molecule has 124 valence electrons. The Bertz CT molecular complexity index is 1140. The maximum Gasteiger partial charge on any atom is 0.257 e. The molecule has 0 fully saturated rings. The van der Waals surface area contributed by atoms with Gasteiger partial charge < -0.3 is 10.3 Å². The predicted octanol–water partition coefficient (Wildman–Crippen LogP) is 3.69. The summed E-state index contributed by atoms with van der Waals surface area (Å²) < 4.78 is 0. The minimum Gasteiger partial charge on any atom is -0.360 e. The molecule has 0 radical (unpaired) electrons. The maximum absolute atomic E-state index is 12.4. The number of aromatic nitrogens is 4. The van der Waals surface area contributed by atoms with E-state index in [1.54, 1.807) is 12.3 Å². The number of aromatic amines is 1. The Morgan fingerprint density at radius 1 is 1.16 bits per heavy atom. The van der Waals surface area contributed by atoms with E-state index >= 15 is 0 Å². The van der Waals surface area contributed by atoms with Crippen molar-refractivity contribution in [2.75, 3.05) is 5.32 Å². The predicted molar refractivity (Wildman–Crippen MR) is 98.9 cm³/mol. The average Bonchev–Trinajstić information content (AvgIpc) is 2.62. The molecule has 4 aromatic rings. The Labute approximate surface area is 147 Å². The number of fused-ring (bicyclic) bond motifs is 2. The van der Waals surface area contributed by atoms with Crippen LogP contribution in [0.5, 0.6) is 0 Å². The molecular formula is C18H14ClN5O. The van der Waals surface area contributed by atoms with E-state index in [4.69, 9.17) is 11.6 Å². The molecular weight excluding hydrogens is 338 g/mol. The van der Waals surface area contributed by atoms with Gasteiger partial charge in [-0.15, -0.1) is 0 Å². The first-order chi connectivity index (χ1) is 12.1. The van der Waals surface area contributed by atoms with Gasteiger partial charge in [0.05, 0.1) is 22.0 Å². The van der Waals surface area contributed by atoms with Gasteiger partial charge in [-0.25, -0.2) is 9.97 Å². The van der Waals surface area contributed by atoms with E-state index in [2.05, 4.69) is 25.3 Å². The molecule has 1 aromatic carbocycles. The van der Waals surface area contributed by atoms with Crippen LogP contribution < -0.4 is 10.9 Å². The second kappa shape index (κ2) is 6.14. The van der Waals surface area contributed by atoms with Crippen molar-refractivity contribution in [3.8, 4) is 0 Å². The van der Waals surface area contributed by atoms with Crippen LogP contribution in [0.3, 0.4) is 0 Å². The quantitative estimate of drug-likeness (QED) is 0.588. The maximum atomic E-state index is 12.4. The Kier molecular flexibility index (Phi) is 3.82. The zero-order chi connectivity index (χ0) is 17.4. The van der Waals surface area contributed by atoms with Gasteiger partial charge in [-0.1, -0.05) is 23.7 Å². The van der Waals surface area contributed by atoms with Crippen LogP contribution in [0.4, 0.5) is 5.82 Å². The number of rotatable bonds is 3. The zero-order valence-corrected chi connectivity index (χ0v) is 14.1. The third kappa shape index (κ3) is 2.81. The van der Waals surface area contributed by atoms with Gasteiger partial charge in [0, 0.05) is 11.9 Å². The number of nitrogens with zero attached hydrogens (tertiary/aromatic N) is 3. The Morgan fingerprint density at radius 2 is 2.04 bits per heavy atom. The molecule has 0 saturated heterocycles. The van der Waals surface area contributed by atoms with Crippen molar-refractivity contribution >= 4 is 39.2 Å². The van der Waals surface area contributed by atoms with E-state index in [9.17, 15) is 4.79 Å². The second-order valence-corrected chi connectivity index (χ2v) is 6.12. The third-order valence-electron chi connectivity index (χ3n) is 4.06. The van der Waals surface area contributed by atoms with Gasteiger partial charge >= 0.3 is 0 Å². The van der Waals surface area contributed by atoms with E-state index in [-0.39, 0.29) is 11.6 Å². The van der Waals surface area contributed by atoms with E-state index in [1.807, 2.05) is 37.3 Å². The van der Waals surface area contributed by atoms with Gasteiger partial charge in [0.25, 0.3) is 5.56 Å². The molecule has 4 rings (SSSR count). The number of anilines is 1. The van der Waals surface area contributed by atoms with E-state index < -0.39 is 0 Å². The standard InChI is InChI=1S/C18H14ClN5O/c1-10(23-17-16-13(21-9-22-17)6-3-7-20-16)14-8-11-4-2-5-12(19)15(11)18(25)24-14/h2-10H,1H3,(H,24,25)(H,21,22,23)/t10-/m0/s1. The lowest BCUT2D eigenvalue weighted by Gasteiger charge is -2.16. The monoisotopic (exact) mass is 351 g/mol. The van der Waals surface area contributed by atoms with Gasteiger partial charge in [0.1, 0.15) is 11.8 Å². The van der Waals surface area contributed by atoms with Gasteiger partial charge in [-0.2, -0.15) is 0 Å². The Morgan fingerprint density at radius 3 is 2.92 bits per heavy atom. The van der Waals surface area contributed by atoms with Crippen molar-refractivity contribution in [2.45, 2.75) is 13.0 Å². The van der Waals surface area contributed by atoms with E-state index in [0.29, 0.717) is 21.7 Å². The summed E-state index contributed by atoms with van der Waals surface area (Å²) >= 11 is 6.13. The highest BCUT2D eigenvalue weighted by Gasteiger charge is 2.13. The molecule has 3 heterocycles. The fraction of sp³-hybridized carbons (Fsp3) is 0.111. The molecule has 0 saturated carbocycles. The van der Waals surface area contributed by atoms with Crippen LogP contribution in [-0.2, 0) is 0 Å². The molecule has 0 amide bonds. The summed E-state index contributed by atoms with van der Waals surface area (Å²) in [7, 11) is 0. The molecule has 25 heavy (non-hydrogen) atoms. The summed E-state index contributed by atoms with van der Waals surface area (Å²) in [6.07, 6.45) is 3.18. The van der Waals surface area contributed by atoms with Crippen LogP contribution in [0.25, 0.3) is 21.8 Å². The SMILES string of the molecule is C[C@H](Nc1ncnc2cccnc12)c1cc2cccc(Cl)c2c(=O)[nH]1. The molecule has 6 nitrogen and oxygen atoms in total. The summed E-state index contributed by atoms with van der Waals surface area (Å²) in [6.45, 7) is 1.94. The minimum absolute atomic E-state index is 0.184. The van der Waals surface area contributed by atoms with Crippen LogP contribution in [0.1, 0.15) is 18.7 Å². The number of nitrogens with one attached hydrogen (secondary N) is 2. The molecule has 0 aliphatic carbocycles. The molecule has 0 bridgehead atoms. The first-order valence-electron chi connectivity index (χ1n) is 7.77. The topological polar surface area (TPSA) is 83.6 Å². The molecule has 3 aromatic heterocycles. The van der Waals surface area contributed by atoms with Crippen molar-refractivity contribution in [2.24, 2.45) is 0 Å². The molecule has 0 aliphatic rings. The van der Waals surface area contributed by atoms with Crippen LogP contribution >= 0.6 is 11.6 Å². The number of halogens is 1. The molecule has 1 atom stereocenters. The number of benzene rings is 1. The van der Waals surface area contributed by atoms with Crippen molar-refractivity contribution in [1.29, 1.82) is 0 Å². The lowest BCUT2D eigenvalue weighted by Crippen LogP contribution is -2.16. The summed E-state index contributed by atoms with van der Waals surface area (Å²) in [6, 6.07) is 10.8. The van der Waals surface area contributed by atoms with Gasteiger partial charge in [-0.3, -0.25) is 9.78 Å². The highest BCUT2D eigenvalue weighted by Crippen LogP contribution is 2.24. The van der Waals surface area contributed by atoms with Crippen molar-refractivity contribution in [1.82, 2.24) is 19.9 Å². The van der Waals surface area contributed by atoms with Gasteiger partial charge in [0.15, 0.2) is 5.82 Å². The summed E-state index contributed by atoms with van der Waals surface area (Å²) in [4.78, 5) is 28.1. The normalized spacial score (nSPS) is 12.4. The van der Waals surface area contributed by atoms with Crippen LogP contribution in [0.15, 0.2) is 53.7 Å². The highest BCUT2D eigenvalue weighted by molar-refractivity contribution is 6.35. The Balaban J connectivity index is 1.75. The summed E-state index contributed by atoms with van der Waals surface area (Å²) in [5.74, 6) is 0.616. The fourth-order valence-electron chi connectivity index (χ4n) is 2.81. The third-order valence-corrected chi connectivity index (χ3v) is 4.37. The summed E-state index contributed by atoms with van der Waals surface area (Å²) in [5.41, 5.74) is 1.97. The largest absolute Gasteiger partial charge is 0.360 e. The van der Waals surface area contributed by atoms with E-state index in [0.717, 1.165) is 16.6 Å². The average molecular weight is 352 g/mol. The minimum atomic E-state index is -0.211. The zero-order valence-electron chi connectivity index (χ0n) is 13.3. The van der Waals surface area contributed by atoms with Crippen LogP contribution in [-0.4, -0.2) is 19.9 Å². The number of H-pyrrole nitrogens is 1. The van der Waals surface area contributed by atoms with Gasteiger partial charge in [0.2, 0.25) is 0 Å². The van der Waals surface area contributed by atoms with Crippen LogP contribution in [0, 0.1) is 0 Å². The molecule has 0 aliphatic heterocycles. The van der Waals surface area contributed by atoms with Crippen molar-refractivity contribution in [3.63, 3.8) is 0 Å². The van der Waals surface area contributed by atoms with Crippen molar-refractivity contribution < 1.29 is 0 Å². The smallest absolute Gasteiger partial charge is 0.257 e. The Hall–Kier alpha value is -2.99. The first-order valence-corrected chi connectivity index (χ1v) is 8.15. The number of hydrogen-bond acceptors (Lipinski definition) is 5. The lowest BCUT2D eigenvalue weighted by molar-refractivity contribution is 0.829. The molecule has 0 spiro atoms. The fourth-order valence-corrected chi connectivity index (χ4v) is 3.08. The number of pyridine rings is 2. The molecule has 2 N–H and O–H groups in total.